The van der Waals surface area contributed by atoms with E-state index >= 15 is 0 Å². The second-order valence-corrected chi connectivity index (χ2v) is 29.4. The Hall–Kier alpha value is -11.4. The molecule has 0 saturated carbocycles. The standard InChI is InChI=1S/C19H12BrClN4O3.C19H12BrClN4O2S.C19H12Cl2N4O3.C19H12Cl2N4O2S/c2*1-10-5-4-6-11(9-10)18-22-17(24-28-18)16-14(20)15(19(26)27)23-25(16)13-8-3-2-7-12(13)21;2*1-10-5-4-6-11(9-10)18-22-17(24-28-18)16-14(21)15(19(26)27)23-25(16)13-8-3-2-7-12(13)20/h4*2-9H,1H3,(H,26,27). The first kappa shape index (κ1) is 78.7. The lowest BCUT2D eigenvalue weighted by Gasteiger charge is -2.07. The molecule has 0 aliphatic rings. The van der Waals surface area contributed by atoms with Crippen molar-refractivity contribution in [3.05, 3.63) is 278 Å². The van der Waals surface area contributed by atoms with E-state index in [0.717, 1.165) is 49.5 Å². The van der Waals surface area contributed by atoms with E-state index in [0.29, 0.717) is 75.4 Å². The average Bonchev–Trinajstić information content (AvgIpc) is 1.63. The lowest BCUT2D eigenvalue weighted by molar-refractivity contribution is 0.0678. The zero-order chi connectivity index (χ0) is 79.3. The third-order valence-electron chi connectivity index (χ3n) is 16.1. The molecule has 0 aliphatic heterocycles. The van der Waals surface area contributed by atoms with E-state index in [4.69, 9.17) is 78.7 Å². The van der Waals surface area contributed by atoms with Gasteiger partial charge in [-0.05, 0) is 168 Å². The predicted molar refractivity (Wildman–Crippen MR) is 433 cm³/mol. The van der Waals surface area contributed by atoms with Gasteiger partial charge in [0.15, 0.2) is 34.4 Å². The molecular formula is C76H48Br2Cl6N16O10S2. The fraction of sp³-hybridized carbons (Fsp3) is 0.0526. The zero-order valence-corrected chi connectivity index (χ0v) is 67.0. The van der Waals surface area contributed by atoms with Crippen LogP contribution in [-0.4, -0.2) is 122 Å². The third-order valence-corrected chi connectivity index (χ3v) is 21.1. The molecule has 0 saturated heterocycles. The number of carbonyl (C=O) groups is 4. The van der Waals surface area contributed by atoms with Crippen LogP contribution in [0.1, 0.15) is 64.2 Å². The normalized spacial score (nSPS) is 11.0. The predicted octanol–water partition coefficient (Wildman–Crippen LogP) is 20.8. The van der Waals surface area contributed by atoms with E-state index in [1.54, 1.807) is 97.1 Å². The summed E-state index contributed by atoms with van der Waals surface area (Å²) in [6.45, 7) is 7.91. The van der Waals surface area contributed by atoms with Gasteiger partial charge in [-0.15, -0.1) is 0 Å². The van der Waals surface area contributed by atoms with Crippen LogP contribution in [0.5, 0.6) is 0 Å². The monoisotopic (exact) mass is 1780 g/mol. The number of hydrogen-bond acceptors (Lipinski definition) is 20. The van der Waals surface area contributed by atoms with Crippen LogP contribution in [0.2, 0.25) is 30.1 Å². The first-order valence-corrected chi connectivity index (χ1v) is 37.9. The number of nitrogens with zero attached hydrogens (tertiary/aromatic N) is 16. The van der Waals surface area contributed by atoms with E-state index in [9.17, 15) is 39.6 Å². The van der Waals surface area contributed by atoms with Gasteiger partial charge < -0.3 is 29.5 Å². The zero-order valence-electron chi connectivity index (χ0n) is 57.7. The van der Waals surface area contributed by atoms with Gasteiger partial charge in [0, 0.05) is 22.3 Å². The summed E-state index contributed by atoms with van der Waals surface area (Å²) in [6.07, 6.45) is 0. The smallest absolute Gasteiger partial charge is 0.358 e. The highest BCUT2D eigenvalue weighted by molar-refractivity contribution is 9.11. The quantitative estimate of drug-likeness (QED) is 0.0698. The maximum absolute atomic E-state index is 11.6. The van der Waals surface area contributed by atoms with E-state index in [1.807, 2.05) is 125 Å². The van der Waals surface area contributed by atoms with Gasteiger partial charge in [0.25, 0.3) is 11.8 Å². The first-order chi connectivity index (χ1) is 53.8. The molecule has 0 aliphatic carbocycles. The molecule has 8 heterocycles. The molecular weight excluding hydrogens is 1730 g/mol. The maximum Gasteiger partial charge on any atom is 0.358 e. The molecule has 0 radical (unpaired) electrons. The number of carboxylic acid groups (broad SMARTS) is 4. The summed E-state index contributed by atoms with van der Waals surface area (Å²) in [4.78, 5) is 64.3. The Balaban J connectivity index is 0.000000131. The van der Waals surface area contributed by atoms with E-state index < -0.39 is 23.9 Å². The molecule has 8 aromatic carbocycles. The van der Waals surface area contributed by atoms with Gasteiger partial charge in [-0.3, -0.25) is 0 Å². The lowest BCUT2D eigenvalue weighted by atomic mass is 10.1. The van der Waals surface area contributed by atoms with Crippen molar-refractivity contribution in [1.29, 1.82) is 0 Å². The number of rotatable bonds is 16. The molecule has 0 unspecified atom stereocenters. The summed E-state index contributed by atoms with van der Waals surface area (Å²) in [5.74, 6) is -3.35. The number of aromatic nitrogens is 16. The van der Waals surface area contributed by atoms with Crippen molar-refractivity contribution >= 4 is 148 Å². The fourth-order valence-corrected chi connectivity index (χ4v) is 14.9. The Kier molecular flexibility index (Phi) is 23.9. The van der Waals surface area contributed by atoms with Gasteiger partial charge in [0.2, 0.25) is 11.6 Å². The highest BCUT2D eigenvalue weighted by atomic mass is 79.9. The number of halogens is 8. The number of para-hydroxylation sites is 4. The maximum atomic E-state index is 11.6. The summed E-state index contributed by atoms with van der Waals surface area (Å²) >= 11 is 46.9. The summed E-state index contributed by atoms with van der Waals surface area (Å²) in [5, 5.41) is 65.4. The van der Waals surface area contributed by atoms with Crippen LogP contribution in [0.3, 0.4) is 0 Å². The second kappa shape index (κ2) is 34.1. The molecule has 0 spiro atoms. The Morgan fingerprint density at radius 2 is 0.625 bits per heavy atom. The van der Waals surface area contributed by atoms with Crippen LogP contribution in [-0.2, 0) is 0 Å². The van der Waals surface area contributed by atoms with Crippen molar-refractivity contribution < 1.29 is 48.7 Å². The highest BCUT2D eigenvalue weighted by Crippen LogP contribution is 2.41. The Morgan fingerprint density at radius 1 is 0.348 bits per heavy atom. The molecule has 4 N–H and O–H groups in total. The molecule has 0 atom stereocenters. The Morgan fingerprint density at radius 3 is 0.955 bits per heavy atom. The minimum absolute atomic E-state index is 0.0407. The number of benzene rings is 8. The lowest BCUT2D eigenvalue weighted by Crippen LogP contribution is -2.03. The van der Waals surface area contributed by atoms with Crippen LogP contribution in [0.4, 0.5) is 0 Å². The van der Waals surface area contributed by atoms with Crippen molar-refractivity contribution in [2.75, 3.05) is 0 Å². The van der Waals surface area contributed by atoms with Gasteiger partial charge >= 0.3 is 23.9 Å². The SMILES string of the molecule is Cc1cccc(-c2nc(-c3c(Br)c(C(=O)O)nn3-c3ccccc3Cl)no2)c1.Cc1cccc(-c2nc(-c3c(Br)c(C(=O)O)nn3-c3ccccc3Cl)ns2)c1.Cc1cccc(-c2nc(-c3c(Cl)c(C(=O)O)nn3-c3ccccc3Cl)no2)c1.Cc1cccc(-c2nc(-c3c(Cl)c(C(=O)O)nn3-c3ccccc3Cl)ns2)c1. The minimum atomic E-state index is -1.28. The molecule has 16 aromatic rings. The molecule has 16 rings (SSSR count). The third kappa shape index (κ3) is 16.8. The summed E-state index contributed by atoms with van der Waals surface area (Å²) < 4.78 is 25.7. The number of aromatic carboxylic acids is 4. The minimum Gasteiger partial charge on any atom is -0.476 e. The molecule has 0 bridgehead atoms. The van der Waals surface area contributed by atoms with Crippen LogP contribution in [0, 0.1) is 27.7 Å². The van der Waals surface area contributed by atoms with Crippen molar-refractivity contribution in [2.24, 2.45) is 0 Å². The molecule has 26 nitrogen and oxygen atoms in total. The average molecular weight is 1780 g/mol. The van der Waals surface area contributed by atoms with Crippen LogP contribution < -0.4 is 0 Å². The van der Waals surface area contributed by atoms with Gasteiger partial charge in [0.1, 0.15) is 42.8 Å². The van der Waals surface area contributed by atoms with Gasteiger partial charge in [-0.2, -0.15) is 39.1 Å². The molecule has 36 heteroatoms. The largest absolute Gasteiger partial charge is 0.476 e. The topological polar surface area (TPSA) is 350 Å². The van der Waals surface area contributed by atoms with E-state index in [-0.39, 0.29) is 72.0 Å². The van der Waals surface area contributed by atoms with Crippen molar-refractivity contribution in [1.82, 2.24) is 78.1 Å². The number of carboxylic acids is 4. The Bertz CT molecular complexity index is 5560. The second-order valence-electron chi connectivity index (χ2n) is 23.9. The molecule has 8 aromatic heterocycles. The highest BCUT2D eigenvalue weighted by Gasteiger charge is 2.32. The van der Waals surface area contributed by atoms with Crippen LogP contribution in [0.15, 0.2) is 212 Å². The van der Waals surface area contributed by atoms with E-state index in [1.165, 1.54) is 41.8 Å². The molecule has 0 fully saturated rings. The number of aryl methyl sites for hydroxylation is 4. The number of hydrogen-bond donors (Lipinski definition) is 4. The summed E-state index contributed by atoms with van der Waals surface area (Å²) in [5.41, 5.74) is 9.89. The summed E-state index contributed by atoms with van der Waals surface area (Å²) in [7, 11) is 0. The molecule has 112 heavy (non-hydrogen) atoms. The van der Waals surface area contributed by atoms with Gasteiger partial charge in [-0.1, -0.05) is 211 Å². The van der Waals surface area contributed by atoms with Crippen molar-refractivity contribution in [2.45, 2.75) is 27.7 Å². The fourth-order valence-electron chi connectivity index (χ4n) is 11.0. The summed E-state index contributed by atoms with van der Waals surface area (Å²) in [6, 6.07) is 58.8. The van der Waals surface area contributed by atoms with Gasteiger partial charge in [-0.25, -0.2) is 47.9 Å². The van der Waals surface area contributed by atoms with Crippen molar-refractivity contribution in [3.63, 3.8) is 0 Å². The first-order valence-electron chi connectivity index (χ1n) is 32.5. The molecule has 560 valence electrons. The van der Waals surface area contributed by atoms with Crippen LogP contribution >= 0.6 is 125 Å². The van der Waals surface area contributed by atoms with E-state index in [2.05, 4.69) is 91.3 Å². The molecule has 0 amide bonds. The van der Waals surface area contributed by atoms with Crippen molar-refractivity contribution in [3.8, 4) is 113 Å². The van der Waals surface area contributed by atoms with Gasteiger partial charge in [0.05, 0.1) is 51.8 Å². The van der Waals surface area contributed by atoms with Crippen LogP contribution in [0.25, 0.3) is 113 Å². The Labute approximate surface area is 688 Å².